The number of nitrogens with zero attached hydrogens (tertiary/aromatic N) is 1. The zero-order valence-corrected chi connectivity index (χ0v) is 12.4. The predicted molar refractivity (Wildman–Crippen MR) is 79.5 cm³/mol. The SMILES string of the molecule is CCN(CC(C)C(=O)O)C(=O)Nc1ccc(C(C)=O)cc1. The molecular formula is C15H20N2O4. The van der Waals surface area contributed by atoms with Crippen molar-refractivity contribution in [1.29, 1.82) is 0 Å². The van der Waals surface area contributed by atoms with Crippen LogP contribution in [0.2, 0.25) is 0 Å². The van der Waals surface area contributed by atoms with Crippen LogP contribution in [0.15, 0.2) is 24.3 Å². The van der Waals surface area contributed by atoms with Crippen LogP contribution in [-0.4, -0.2) is 40.9 Å². The summed E-state index contributed by atoms with van der Waals surface area (Å²) in [6, 6.07) is 6.19. The van der Waals surface area contributed by atoms with Crippen LogP contribution < -0.4 is 5.32 Å². The van der Waals surface area contributed by atoms with Crippen LogP contribution in [-0.2, 0) is 4.79 Å². The van der Waals surface area contributed by atoms with Gasteiger partial charge in [-0.25, -0.2) is 4.79 Å². The third-order valence-corrected chi connectivity index (χ3v) is 3.13. The van der Waals surface area contributed by atoms with E-state index in [0.29, 0.717) is 17.8 Å². The van der Waals surface area contributed by atoms with E-state index < -0.39 is 11.9 Å². The second-order valence-corrected chi connectivity index (χ2v) is 4.84. The molecule has 21 heavy (non-hydrogen) atoms. The topological polar surface area (TPSA) is 86.7 Å². The lowest BCUT2D eigenvalue weighted by Crippen LogP contribution is -2.39. The summed E-state index contributed by atoms with van der Waals surface area (Å²) in [7, 11) is 0. The van der Waals surface area contributed by atoms with Gasteiger partial charge in [0.15, 0.2) is 5.78 Å². The number of aliphatic carboxylic acids is 1. The average Bonchev–Trinajstić information content (AvgIpc) is 2.44. The van der Waals surface area contributed by atoms with Crippen LogP contribution >= 0.6 is 0 Å². The molecule has 0 aromatic heterocycles. The summed E-state index contributed by atoms with van der Waals surface area (Å²) in [6.45, 7) is 5.37. The largest absolute Gasteiger partial charge is 0.481 e. The number of amides is 2. The molecule has 1 atom stereocenters. The van der Waals surface area contributed by atoms with Gasteiger partial charge in [0.25, 0.3) is 0 Å². The maximum Gasteiger partial charge on any atom is 0.321 e. The smallest absolute Gasteiger partial charge is 0.321 e. The number of rotatable bonds is 6. The summed E-state index contributed by atoms with van der Waals surface area (Å²) in [4.78, 5) is 35.5. The second kappa shape index (κ2) is 7.42. The molecule has 0 aliphatic heterocycles. The Hall–Kier alpha value is -2.37. The van der Waals surface area contributed by atoms with Gasteiger partial charge in [-0.2, -0.15) is 0 Å². The fraction of sp³-hybridized carbons (Fsp3) is 0.400. The number of hydrogen-bond donors (Lipinski definition) is 2. The van der Waals surface area contributed by atoms with Crippen molar-refractivity contribution in [3.63, 3.8) is 0 Å². The first-order valence-corrected chi connectivity index (χ1v) is 6.74. The van der Waals surface area contributed by atoms with Crippen LogP contribution in [0.4, 0.5) is 10.5 Å². The Kier molecular flexibility index (Phi) is 5.90. The Morgan fingerprint density at radius 1 is 1.24 bits per heavy atom. The summed E-state index contributed by atoms with van der Waals surface area (Å²) in [5.74, 6) is -1.61. The van der Waals surface area contributed by atoms with E-state index in [1.54, 1.807) is 38.1 Å². The lowest BCUT2D eigenvalue weighted by Gasteiger charge is -2.23. The molecule has 0 aliphatic rings. The molecule has 6 nitrogen and oxygen atoms in total. The minimum Gasteiger partial charge on any atom is -0.481 e. The molecule has 0 aliphatic carbocycles. The highest BCUT2D eigenvalue weighted by Crippen LogP contribution is 2.11. The number of nitrogens with one attached hydrogen (secondary N) is 1. The number of carbonyl (C=O) groups is 3. The van der Waals surface area contributed by atoms with Crippen molar-refractivity contribution in [3.8, 4) is 0 Å². The van der Waals surface area contributed by atoms with Gasteiger partial charge < -0.3 is 15.3 Å². The van der Waals surface area contributed by atoms with Crippen LogP contribution in [0.25, 0.3) is 0 Å². The van der Waals surface area contributed by atoms with E-state index >= 15 is 0 Å². The molecule has 2 amide bonds. The standard InChI is InChI=1S/C15H20N2O4/c1-4-17(9-10(2)14(19)20)15(21)16-13-7-5-12(6-8-13)11(3)18/h5-8,10H,4,9H2,1-3H3,(H,16,21)(H,19,20). The van der Waals surface area contributed by atoms with Crippen molar-refractivity contribution in [2.24, 2.45) is 5.92 Å². The molecule has 1 unspecified atom stereocenters. The average molecular weight is 292 g/mol. The predicted octanol–water partition coefficient (Wildman–Crippen LogP) is 2.46. The van der Waals surface area contributed by atoms with E-state index in [-0.39, 0.29) is 18.4 Å². The molecule has 1 rings (SSSR count). The van der Waals surface area contributed by atoms with Gasteiger partial charge >= 0.3 is 12.0 Å². The first-order chi connectivity index (χ1) is 9.85. The van der Waals surface area contributed by atoms with E-state index in [1.165, 1.54) is 11.8 Å². The highest BCUT2D eigenvalue weighted by atomic mass is 16.4. The molecule has 0 bridgehead atoms. The van der Waals surface area contributed by atoms with Gasteiger partial charge in [0, 0.05) is 24.3 Å². The summed E-state index contributed by atoms with van der Waals surface area (Å²) >= 11 is 0. The molecule has 1 aromatic carbocycles. The summed E-state index contributed by atoms with van der Waals surface area (Å²) in [6.07, 6.45) is 0. The fourth-order valence-corrected chi connectivity index (χ4v) is 1.76. The lowest BCUT2D eigenvalue weighted by molar-refractivity contribution is -0.141. The number of hydrogen-bond acceptors (Lipinski definition) is 3. The molecular weight excluding hydrogens is 272 g/mol. The Morgan fingerprint density at radius 3 is 2.24 bits per heavy atom. The number of ketones is 1. The van der Waals surface area contributed by atoms with Crippen LogP contribution in [0.1, 0.15) is 31.1 Å². The van der Waals surface area contributed by atoms with Gasteiger partial charge in [-0.15, -0.1) is 0 Å². The Labute approximate surface area is 123 Å². The zero-order chi connectivity index (χ0) is 16.0. The third-order valence-electron chi connectivity index (χ3n) is 3.13. The molecule has 0 saturated carbocycles. The van der Waals surface area contributed by atoms with Crippen molar-refractivity contribution in [2.75, 3.05) is 18.4 Å². The van der Waals surface area contributed by atoms with Gasteiger partial charge in [-0.3, -0.25) is 9.59 Å². The highest BCUT2D eigenvalue weighted by molar-refractivity contribution is 5.95. The van der Waals surface area contributed by atoms with Crippen molar-refractivity contribution in [1.82, 2.24) is 4.90 Å². The molecule has 0 fully saturated rings. The van der Waals surface area contributed by atoms with E-state index in [2.05, 4.69) is 5.32 Å². The lowest BCUT2D eigenvalue weighted by atomic mass is 10.1. The first kappa shape index (κ1) is 16.7. The van der Waals surface area contributed by atoms with Gasteiger partial charge in [0.05, 0.1) is 5.92 Å². The number of carboxylic acid groups (broad SMARTS) is 1. The number of carboxylic acids is 1. The zero-order valence-electron chi connectivity index (χ0n) is 12.4. The molecule has 0 radical (unpaired) electrons. The second-order valence-electron chi connectivity index (χ2n) is 4.84. The maximum absolute atomic E-state index is 12.1. The van der Waals surface area contributed by atoms with Crippen molar-refractivity contribution in [3.05, 3.63) is 29.8 Å². The van der Waals surface area contributed by atoms with Gasteiger partial charge in [-0.05, 0) is 38.1 Å². The highest BCUT2D eigenvalue weighted by Gasteiger charge is 2.19. The van der Waals surface area contributed by atoms with Crippen molar-refractivity contribution in [2.45, 2.75) is 20.8 Å². The third kappa shape index (κ3) is 4.91. The summed E-state index contributed by atoms with van der Waals surface area (Å²) < 4.78 is 0. The van der Waals surface area contributed by atoms with Crippen LogP contribution in [0, 0.1) is 5.92 Å². The van der Waals surface area contributed by atoms with Crippen molar-refractivity contribution < 1.29 is 19.5 Å². The molecule has 6 heteroatoms. The molecule has 0 heterocycles. The molecule has 1 aromatic rings. The van der Waals surface area contributed by atoms with Gasteiger partial charge in [-0.1, -0.05) is 6.92 Å². The molecule has 0 spiro atoms. The molecule has 2 N–H and O–H groups in total. The van der Waals surface area contributed by atoms with Crippen LogP contribution in [0.5, 0.6) is 0 Å². The molecule has 0 saturated heterocycles. The van der Waals surface area contributed by atoms with Gasteiger partial charge in [0.1, 0.15) is 0 Å². The number of benzene rings is 1. The maximum atomic E-state index is 12.1. The van der Waals surface area contributed by atoms with Gasteiger partial charge in [0.2, 0.25) is 0 Å². The summed E-state index contributed by atoms with van der Waals surface area (Å²) in [5.41, 5.74) is 1.13. The summed E-state index contributed by atoms with van der Waals surface area (Å²) in [5, 5.41) is 11.6. The van der Waals surface area contributed by atoms with Crippen molar-refractivity contribution >= 4 is 23.5 Å². The Morgan fingerprint density at radius 2 is 1.81 bits per heavy atom. The monoisotopic (exact) mass is 292 g/mol. The Bertz CT molecular complexity index is 525. The minimum atomic E-state index is -0.938. The number of urea groups is 1. The fourth-order valence-electron chi connectivity index (χ4n) is 1.76. The molecule has 114 valence electrons. The number of carbonyl (C=O) groups excluding carboxylic acids is 2. The first-order valence-electron chi connectivity index (χ1n) is 6.74. The van der Waals surface area contributed by atoms with E-state index in [4.69, 9.17) is 5.11 Å². The van der Waals surface area contributed by atoms with E-state index in [1.807, 2.05) is 0 Å². The minimum absolute atomic E-state index is 0.0432. The van der Waals surface area contributed by atoms with Crippen LogP contribution in [0.3, 0.4) is 0 Å². The normalized spacial score (nSPS) is 11.6. The van der Waals surface area contributed by atoms with E-state index in [0.717, 1.165) is 0 Å². The van der Waals surface area contributed by atoms with E-state index in [9.17, 15) is 14.4 Å². The number of Topliss-reactive ketones (excluding diaryl/α,β-unsaturated/α-hetero) is 1. The quantitative estimate of drug-likeness (QED) is 0.788. The Balaban J connectivity index is 2.69. The number of anilines is 1.